The number of carbonyl (C=O) groups excluding carboxylic acids is 2. The first-order chi connectivity index (χ1) is 11.9. The first-order valence-electron chi connectivity index (χ1n) is 7.63. The SMILES string of the molecule is O=C(O)Cc1ccc(N[C@H]2CC(=O)N(c3ccc(F)cc3)C2=O)cc1. The van der Waals surface area contributed by atoms with Crippen molar-refractivity contribution in [2.24, 2.45) is 0 Å². The summed E-state index contributed by atoms with van der Waals surface area (Å²) in [5.41, 5.74) is 1.58. The monoisotopic (exact) mass is 342 g/mol. The third-order valence-electron chi connectivity index (χ3n) is 3.88. The number of carbonyl (C=O) groups is 3. The maximum Gasteiger partial charge on any atom is 0.307 e. The predicted octanol–water partition coefficient (Wildman–Crippen LogP) is 2.20. The van der Waals surface area contributed by atoms with Crippen molar-refractivity contribution in [3.8, 4) is 0 Å². The van der Waals surface area contributed by atoms with Crippen LogP contribution in [-0.2, 0) is 20.8 Å². The van der Waals surface area contributed by atoms with Gasteiger partial charge in [0.1, 0.15) is 11.9 Å². The fraction of sp³-hybridized carbons (Fsp3) is 0.167. The third kappa shape index (κ3) is 3.65. The molecule has 1 fully saturated rings. The molecule has 1 saturated heterocycles. The van der Waals surface area contributed by atoms with E-state index in [2.05, 4.69) is 5.32 Å². The quantitative estimate of drug-likeness (QED) is 0.814. The Kier molecular flexibility index (Phi) is 4.47. The van der Waals surface area contributed by atoms with E-state index < -0.39 is 23.7 Å². The molecule has 0 unspecified atom stereocenters. The Balaban J connectivity index is 1.71. The molecule has 0 saturated carbocycles. The van der Waals surface area contributed by atoms with Gasteiger partial charge in [-0.1, -0.05) is 12.1 Å². The van der Waals surface area contributed by atoms with Crippen LogP contribution in [-0.4, -0.2) is 28.9 Å². The molecule has 2 amide bonds. The van der Waals surface area contributed by atoms with Crippen molar-refractivity contribution in [2.45, 2.75) is 18.9 Å². The van der Waals surface area contributed by atoms with Crippen LogP contribution in [0.3, 0.4) is 0 Å². The highest BCUT2D eigenvalue weighted by molar-refractivity contribution is 6.23. The zero-order chi connectivity index (χ0) is 18.0. The minimum atomic E-state index is -0.924. The van der Waals surface area contributed by atoms with Gasteiger partial charge >= 0.3 is 5.97 Å². The number of halogens is 1. The molecular weight excluding hydrogens is 327 g/mol. The summed E-state index contributed by atoms with van der Waals surface area (Å²) < 4.78 is 13.0. The largest absolute Gasteiger partial charge is 0.481 e. The molecule has 6 nitrogen and oxygen atoms in total. The van der Waals surface area contributed by atoms with Crippen molar-refractivity contribution in [1.82, 2.24) is 0 Å². The summed E-state index contributed by atoms with van der Waals surface area (Å²) in [7, 11) is 0. The standard InChI is InChI=1S/C18H15FN2O4/c19-12-3-7-14(8-4-12)21-16(22)10-15(18(21)25)20-13-5-1-11(2-6-13)9-17(23)24/h1-8,15,20H,9-10H2,(H,23,24)/t15-/m0/s1. The van der Waals surface area contributed by atoms with E-state index in [1.165, 1.54) is 24.3 Å². The van der Waals surface area contributed by atoms with Crippen LogP contribution in [0.1, 0.15) is 12.0 Å². The summed E-state index contributed by atoms with van der Waals surface area (Å²) in [6, 6.07) is 11.1. The molecule has 25 heavy (non-hydrogen) atoms. The Hall–Kier alpha value is -3.22. The summed E-state index contributed by atoms with van der Waals surface area (Å²) in [5.74, 6) is -2.14. The minimum absolute atomic E-state index is 0.00686. The van der Waals surface area contributed by atoms with E-state index in [9.17, 15) is 18.8 Å². The third-order valence-corrected chi connectivity index (χ3v) is 3.88. The number of aliphatic carboxylic acids is 1. The van der Waals surface area contributed by atoms with E-state index in [1.54, 1.807) is 24.3 Å². The van der Waals surface area contributed by atoms with E-state index in [0.29, 0.717) is 16.9 Å². The van der Waals surface area contributed by atoms with Gasteiger partial charge in [-0.15, -0.1) is 0 Å². The summed E-state index contributed by atoms with van der Waals surface area (Å²) >= 11 is 0. The van der Waals surface area contributed by atoms with Crippen LogP contribution in [0.2, 0.25) is 0 Å². The molecule has 0 radical (unpaired) electrons. The Labute approximate surface area is 142 Å². The maximum absolute atomic E-state index is 13.0. The van der Waals surface area contributed by atoms with Gasteiger partial charge in [-0.05, 0) is 42.0 Å². The number of carboxylic acids is 1. The molecule has 2 aromatic carbocycles. The van der Waals surface area contributed by atoms with Gasteiger partial charge in [-0.2, -0.15) is 0 Å². The van der Waals surface area contributed by atoms with Crippen LogP contribution < -0.4 is 10.2 Å². The molecule has 1 heterocycles. The lowest BCUT2D eigenvalue weighted by atomic mass is 10.1. The lowest BCUT2D eigenvalue weighted by molar-refractivity contribution is -0.136. The number of hydrogen-bond acceptors (Lipinski definition) is 4. The van der Waals surface area contributed by atoms with Crippen molar-refractivity contribution in [1.29, 1.82) is 0 Å². The second-order valence-electron chi connectivity index (χ2n) is 5.71. The Morgan fingerprint density at radius 3 is 2.36 bits per heavy atom. The number of hydrogen-bond donors (Lipinski definition) is 2. The highest BCUT2D eigenvalue weighted by Crippen LogP contribution is 2.25. The van der Waals surface area contributed by atoms with Gasteiger partial charge in [0.25, 0.3) is 5.91 Å². The summed E-state index contributed by atoms with van der Waals surface area (Å²) in [4.78, 5) is 36.4. The van der Waals surface area contributed by atoms with Crippen LogP contribution in [0.25, 0.3) is 0 Å². The van der Waals surface area contributed by atoms with Crippen molar-refractivity contribution in [3.05, 3.63) is 59.9 Å². The topological polar surface area (TPSA) is 86.7 Å². The number of nitrogens with one attached hydrogen (secondary N) is 1. The molecular formula is C18H15FN2O4. The van der Waals surface area contributed by atoms with Crippen LogP contribution >= 0.6 is 0 Å². The highest BCUT2D eigenvalue weighted by atomic mass is 19.1. The first kappa shape index (κ1) is 16.6. The number of nitrogens with zero attached hydrogens (tertiary/aromatic N) is 1. The molecule has 2 N–H and O–H groups in total. The van der Waals surface area contributed by atoms with Gasteiger partial charge in [0.2, 0.25) is 5.91 Å². The number of rotatable bonds is 5. The molecule has 1 atom stereocenters. The molecule has 128 valence electrons. The van der Waals surface area contributed by atoms with Crippen molar-refractivity contribution >= 4 is 29.2 Å². The molecule has 0 spiro atoms. The average Bonchev–Trinajstić information content (AvgIpc) is 2.84. The smallest absolute Gasteiger partial charge is 0.307 e. The maximum atomic E-state index is 13.0. The van der Waals surface area contributed by atoms with Crippen LogP contribution in [0.4, 0.5) is 15.8 Å². The first-order valence-corrected chi connectivity index (χ1v) is 7.63. The lowest BCUT2D eigenvalue weighted by Gasteiger charge is -2.16. The van der Waals surface area contributed by atoms with Crippen LogP contribution in [0.5, 0.6) is 0 Å². The summed E-state index contributed by atoms with van der Waals surface area (Å²) in [6.45, 7) is 0. The second-order valence-corrected chi connectivity index (χ2v) is 5.71. The van der Waals surface area contributed by atoms with Crippen LogP contribution in [0.15, 0.2) is 48.5 Å². The van der Waals surface area contributed by atoms with Gasteiger partial charge in [-0.25, -0.2) is 9.29 Å². The minimum Gasteiger partial charge on any atom is -0.481 e. The molecule has 1 aliphatic rings. The molecule has 3 rings (SSSR count). The number of benzene rings is 2. The Morgan fingerprint density at radius 1 is 1.12 bits per heavy atom. The van der Waals surface area contributed by atoms with E-state index in [0.717, 1.165) is 4.90 Å². The van der Waals surface area contributed by atoms with Crippen molar-refractivity contribution in [3.63, 3.8) is 0 Å². The predicted molar refractivity (Wildman–Crippen MR) is 88.7 cm³/mol. The number of carboxylic acid groups (broad SMARTS) is 1. The average molecular weight is 342 g/mol. The Morgan fingerprint density at radius 2 is 1.76 bits per heavy atom. The van der Waals surface area contributed by atoms with Crippen molar-refractivity contribution in [2.75, 3.05) is 10.2 Å². The fourth-order valence-electron chi connectivity index (χ4n) is 2.70. The van der Waals surface area contributed by atoms with Gasteiger partial charge in [0, 0.05) is 5.69 Å². The molecule has 0 aromatic heterocycles. The van der Waals surface area contributed by atoms with E-state index in [-0.39, 0.29) is 18.7 Å². The van der Waals surface area contributed by atoms with Gasteiger partial charge in [0.05, 0.1) is 18.5 Å². The molecule has 2 aromatic rings. The van der Waals surface area contributed by atoms with E-state index in [1.807, 2.05) is 0 Å². The number of anilines is 2. The van der Waals surface area contributed by atoms with Gasteiger partial charge in [0.15, 0.2) is 0 Å². The van der Waals surface area contributed by atoms with Gasteiger partial charge < -0.3 is 10.4 Å². The van der Waals surface area contributed by atoms with E-state index >= 15 is 0 Å². The van der Waals surface area contributed by atoms with E-state index in [4.69, 9.17) is 5.11 Å². The fourth-order valence-corrected chi connectivity index (χ4v) is 2.70. The van der Waals surface area contributed by atoms with Crippen molar-refractivity contribution < 1.29 is 23.9 Å². The zero-order valence-corrected chi connectivity index (χ0v) is 13.1. The van der Waals surface area contributed by atoms with Crippen LogP contribution in [0, 0.1) is 5.82 Å². The highest BCUT2D eigenvalue weighted by Gasteiger charge is 2.39. The zero-order valence-electron chi connectivity index (χ0n) is 13.1. The second kappa shape index (κ2) is 6.72. The number of amides is 2. The number of imide groups is 1. The Bertz CT molecular complexity index is 818. The normalized spacial score (nSPS) is 17.0. The lowest BCUT2D eigenvalue weighted by Crippen LogP contribution is -2.34. The summed E-state index contributed by atoms with van der Waals surface area (Å²) in [6.07, 6.45) is -0.0907. The molecule has 7 heteroatoms. The summed E-state index contributed by atoms with van der Waals surface area (Å²) in [5, 5.41) is 11.7. The molecule has 0 bridgehead atoms. The molecule has 0 aliphatic carbocycles. The molecule has 1 aliphatic heterocycles. The van der Waals surface area contributed by atoms with Gasteiger partial charge in [-0.3, -0.25) is 14.4 Å².